The summed E-state index contributed by atoms with van der Waals surface area (Å²) in [4.78, 5) is 46.9. The molecule has 12 nitrogen and oxygen atoms in total. The average molecular weight is 504 g/mol. The van der Waals surface area contributed by atoms with Crippen LogP contribution < -0.4 is 15.6 Å². The van der Waals surface area contributed by atoms with Crippen LogP contribution in [0.4, 0.5) is 17.1 Å². The summed E-state index contributed by atoms with van der Waals surface area (Å²) in [5, 5.41) is 22.0. The number of carbonyl (C=O) groups is 2. The summed E-state index contributed by atoms with van der Waals surface area (Å²) < 4.78 is 5.56. The summed E-state index contributed by atoms with van der Waals surface area (Å²) in [6.45, 7) is 1.98. The lowest BCUT2D eigenvalue weighted by atomic mass is 10.2. The Balaban J connectivity index is 1.64. The molecule has 0 radical (unpaired) electrons. The molecule has 34 heavy (non-hydrogen) atoms. The normalized spacial score (nSPS) is 14.3. The van der Waals surface area contributed by atoms with Gasteiger partial charge in [0.25, 0.3) is 17.5 Å². The van der Waals surface area contributed by atoms with Crippen molar-refractivity contribution in [2.24, 2.45) is 0 Å². The molecule has 0 aromatic heterocycles. The van der Waals surface area contributed by atoms with Crippen molar-refractivity contribution in [1.29, 1.82) is 0 Å². The molecule has 2 aromatic rings. The number of thioether (sulfide) groups is 1. The number of thiocarbonyl (C=S) groups is 1. The third-order valence-electron chi connectivity index (χ3n) is 4.39. The summed E-state index contributed by atoms with van der Waals surface area (Å²) in [6.07, 6.45) is 1.64. The second-order valence-electron chi connectivity index (χ2n) is 6.66. The Hall–Kier alpha value is -4.04. The minimum atomic E-state index is -0.824. The van der Waals surface area contributed by atoms with E-state index in [-0.39, 0.29) is 10.0 Å². The SMILES string of the molecule is CCOc1ccc(C=C2SC(=S)N(CC(=O)NNc3ccc([N+](=O)[O-])cc3[N+](=O)[O-])C2=O)cc1. The van der Waals surface area contributed by atoms with Crippen molar-refractivity contribution in [2.45, 2.75) is 6.92 Å². The van der Waals surface area contributed by atoms with E-state index < -0.39 is 39.6 Å². The highest BCUT2D eigenvalue weighted by Crippen LogP contribution is 2.33. The number of nitrogens with one attached hydrogen (secondary N) is 2. The number of hydrogen-bond donors (Lipinski definition) is 2. The van der Waals surface area contributed by atoms with E-state index >= 15 is 0 Å². The number of nitro benzene ring substituents is 2. The topological polar surface area (TPSA) is 157 Å². The molecule has 2 aromatic carbocycles. The fourth-order valence-corrected chi connectivity index (χ4v) is 4.08. The molecule has 1 fully saturated rings. The summed E-state index contributed by atoms with van der Waals surface area (Å²) in [5.41, 5.74) is 4.10. The zero-order chi connectivity index (χ0) is 24.8. The maximum atomic E-state index is 12.7. The van der Waals surface area contributed by atoms with Crippen molar-refractivity contribution in [3.63, 3.8) is 0 Å². The quantitative estimate of drug-likeness (QED) is 0.225. The van der Waals surface area contributed by atoms with E-state index in [0.717, 1.165) is 40.4 Å². The highest BCUT2D eigenvalue weighted by molar-refractivity contribution is 8.26. The van der Waals surface area contributed by atoms with Gasteiger partial charge in [0.05, 0.1) is 27.4 Å². The Morgan fingerprint density at radius 1 is 1.18 bits per heavy atom. The Bertz CT molecular complexity index is 1200. The number of amides is 2. The fourth-order valence-electron chi connectivity index (χ4n) is 2.83. The Morgan fingerprint density at radius 2 is 1.88 bits per heavy atom. The number of nitrogens with zero attached hydrogens (tertiary/aromatic N) is 3. The van der Waals surface area contributed by atoms with Gasteiger partial charge in [0, 0.05) is 6.07 Å². The third kappa shape index (κ3) is 5.85. The van der Waals surface area contributed by atoms with E-state index in [1.165, 1.54) is 0 Å². The molecule has 0 saturated carbocycles. The van der Waals surface area contributed by atoms with E-state index in [1.807, 2.05) is 6.92 Å². The molecule has 3 rings (SSSR count). The number of anilines is 1. The van der Waals surface area contributed by atoms with Gasteiger partial charge in [-0.3, -0.25) is 45.6 Å². The number of carbonyl (C=O) groups excluding carboxylic acids is 2. The molecule has 1 aliphatic rings. The largest absolute Gasteiger partial charge is 0.494 e. The van der Waals surface area contributed by atoms with Crippen LogP contribution in [0.2, 0.25) is 0 Å². The molecule has 0 bridgehead atoms. The maximum absolute atomic E-state index is 12.7. The number of hydrazine groups is 1. The summed E-state index contributed by atoms with van der Waals surface area (Å²) in [7, 11) is 0. The zero-order valence-corrected chi connectivity index (χ0v) is 19.2. The number of benzene rings is 2. The van der Waals surface area contributed by atoms with Crippen LogP contribution in [0, 0.1) is 20.2 Å². The van der Waals surface area contributed by atoms with Crippen molar-refractivity contribution < 1.29 is 24.2 Å². The van der Waals surface area contributed by atoms with Gasteiger partial charge in [-0.15, -0.1) is 0 Å². The first-order valence-corrected chi connectivity index (χ1v) is 10.9. The highest BCUT2D eigenvalue weighted by atomic mass is 32.2. The van der Waals surface area contributed by atoms with Gasteiger partial charge in [-0.1, -0.05) is 36.1 Å². The summed E-state index contributed by atoms with van der Waals surface area (Å²) >= 11 is 6.25. The molecule has 1 aliphatic heterocycles. The van der Waals surface area contributed by atoms with Crippen molar-refractivity contribution in [1.82, 2.24) is 10.3 Å². The van der Waals surface area contributed by atoms with Crippen LogP contribution in [0.3, 0.4) is 0 Å². The van der Waals surface area contributed by atoms with Crippen molar-refractivity contribution in [3.8, 4) is 5.75 Å². The molecule has 1 heterocycles. The molecule has 2 N–H and O–H groups in total. The maximum Gasteiger partial charge on any atom is 0.300 e. The van der Waals surface area contributed by atoms with E-state index in [9.17, 15) is 29.8 Å². The van der Waals surface area contributed by atoms with E-state index in [4.69, 9.17) is 17.0 Å². The van der Waals surface area contributed by atoms with E-state index in [1.54, 1.807) is 30.3 Å². The zero-order valence-electron chi connectivity index (χ0n) is 17.5. The molecule has 0 atom stereocenters. The van der Waals surface area contributed by atoms with Gasteiger partial charge in [0.2, 0.25) is 0 Å². The third-order valence-corrected chi connectivity index (χ3v) is 5.77. The standard InChI is InChI=1S/C20H17N5O7S2/c1-2-32-14-6-3-12(4-7-14)9-17-19(27)23(20(33)34-17)11-18(26)22-21-15-8-5-13(24(28)29)10-16(15)25(30)31/h3-10,21H,2,11H2,1H3,(H,22,26). The van der Waals surface area contributed by atoms with Crippen LogP contribution in [-0.2, 0) is 9.59 Å². The van der Waals surface area contributed by atoms with Crippen molar-refractivity contribution in [3.05, 3.63) is 73.2 Å². The van der Waals surface area contributed by atoms with Gasteiger partial charge < -0.3 is 4.74 Å². The predicted octanol–water partition coefficient (Wildman–Crippen LogP) is 3.25. The first-order valence-electron chi connectivity index (χ1n) is 9.65. The molecule has 0 unspecified atom stereocenters. The van der Waals surface area contributed by atoms with Crippen LogP contribution in [-0.4, -0.2) is 44.0 Å². The summed E-state index contributed by atoms with van der Waals surface area (Å²) in [6, 6.07) is 10.0. The number of rotatable bonds is 9. The summed E-state index contributed by atoms with van der Waals surface area (Å²) in [5.74, 6) is -0.462. The molecule has 0 aliphatic carbocycles. The molecule has 0 spiro atoms. The first kappa shape index (κ1) is 24.6. The minimum absolute atomic E-state index is 0.162. The Labute approximate surface area is 202 Å². The lowest BCUT2D eigenvalue weighted by molar-refractivity contribution is -0.393. The molecule has 2 amide bonds. The predicted molar refractivity (Wildman–Crippen MR) is 129 cm³/mol. The van der Waals surface area contributed by atoms with Gasteiger partial charge in [0.15, 0.2) is 0 Å². The molecule has 14 heteroatoms. The first-order chi connectivity index (χ1) is 16.2. The van der Waals surface area contributed by atoms with Gasteiger partial charge >= 0.3 is 5.69 Å². The van der Waals surface area contributed by atoms with E-state index in [2.05, 4.69) is 10.9 Å². The lowest BCUT2D eigenvalue weighted by Crippen LogP contribution is -2.41. The number of ether oxygens (including phenoxy) is 1. The number of hydrogen-bond acceptors (Lipinski definition) is 10. The molecule has 176 valence electrons. The van der Waals surface area contributed by atoms with Crippen LogP contribution in [0.5, 0.6) is 5.75 Å². The monoisotopic (exact) mass is 503 g/mol. The Kier molecular flexibility index (Phi) is 7.75. The van der Waals surface area contributed by atoms with Gasteiger partial charge in [0.1, 0.15) is 22.3 Å². The second kappa shape index (κ2) is 10.7. The van der Waals surface area contributed by atoms with Crippen molar-refractivity contribution in [2.75, 3.05) is 18.6 Å². The molecular formula is C20H17N5O7S2. The molecular weight excluding hydrogens is 486 g/mol. The molecule has 1 saturated heterocycles. The second-order valence-corrected chi connectivity index (χ2v) is 8.33. The smallest absolute Gasteiger partial charge is 0.300 e. The number of nitro groups is 2. The average Bonchev–Trinajstić information content (AvgIpc) is 3.06. The minimum Gasteiger partial charge on any atom is -0.494 e. The van der Waals surface area contributed by atoms with Crippen LogP contribution in [0.25, 0.3) is 6.08 Å². The van der Waals surface area contributed by atoms with E-state index in [0.29, 0.717) is 17.3 Å². The Morgan fingerprint density at radius 3 is 2.50 bits per heavy atom. The highest BCUT2D eigenvalue weighted by Gasteiger charge is 2.33. The van der Waals surface area contributed by atoms with Crippen LogP contribution in [0.1, 0.15) is 12.5 Å². The lowest BCUT2D eigenvalue weighted by Gasteiger charge is -2.15. The van der Waals surface area contributed by atoms with Gasteiger partial charge in [-0.2, -0.15) is 0 Å². The van der Waals surface area contributed by atoms with Gasteiger partial charge in [-0.25, -0.2) is 0 Å². The fraction of sp³-hybridized carbons (Fsp3) is 0.150. The van der Waals surface area contributed by atoms with Crippen molar-refractivity contribution >= 4 is 63.3 Å². The van der Waals surface area contributed by atoms with Gasteiger partial charge in [-0.05, 0) is 36.8 Å². The number of non-ortho nitro benzene ring substituents is 1. The van der Waals surface area contributed by atoms with Crippen LogP contribution >= 0.6 is 24.0 Å². The van der Waals surface area contributed by atoms with Crippen LogP contribution in [0.15, 0.2) is 47.4 Å².